The van der Waals surface area contributed by atoms with Crippen LogP contribution in [0.2, 0.25) is 0 Å². The van der Waals surface area contributed by atoms with Gasteiger partial charge in [-0.2, -0.15) is 0 Å². The average molecular weight is 260 g/mol. The summed E-state index contributed by atoms with van der Waals surface area (Å²) in [6, 6.07) is -0.580. The first-order valence-electron chi connectivity index (χ1n) is 5.66. The van der Waals surface area contributed by atoms with Crippen LogP contribution in [0.4, 0.5) is 4.79 Å². The highest BCUT2D eigenvalue weighted by atomic mass is 16.6. The van der Waals surface area contributed by atoms with Gasteiger partial charge < -0.3 is 19.7 Å². The van der Waals surface area contributed by atoms with Crippen LogP contribution in [-0.2, 0) is 14.3 Å². The third kappa shape index (κ3) is 2.19. The van der Waals surface area contributed by atoms with E-state index in [0.717, 1.165) is 0 Å². The monoisotopic (exact) mass is 260 g/mol. The van der Waals surface area contributed by atoms with Gasteiger partial charge in [-0.1, -0.05) is 0 Å². The Morgan fingerprint density at radius 1 is 1.56 bits per heavy atom. The lowest BCUT2D eigenvalue weighted by molar-refractivity contribution is -0.126. The molecule has 4 unspecified atom stereocenters. The van der Waals surface area contributed by atoms with Crippen molar-refractivity contribution < 1.29 is 29.3 Å². The molecule has 0 aromatic rings. The molecule has 2 aliphatic heterocycles. The van der Waals surface area contributed by atoms with Crippen LogP contribution in [0.3, 0.4) is 0 Å². The molecule has 0 bridgehead atoms. The van der Waals surface area contributed by atoms with Crippen molar-refractivity contribution in [1.29, 1.82) is 0 Å². The number of ether oxygens (including phenoxy) is 2. The van der Waals surface area contributed by atoms with E-state index in [-0.39, 0.29) is 25.5 Å². The van der Waals surface area contributed by atoms with Gasteiger partial charge in [0.15, 0.2) is 6.23 Å². The van der Waals surface area contributed by atoms with Crippen molar-refractivity contribution in [1.82, 2.24) is 10.2 Å². The summed E-state index contributed by atoms with van der Waals surface area (Å²) < 4.78 is 10.5. The maximum atomic E-state index is 11.7. The fourth-order valence-electron chi connectivity index (χ4n) is 2.19. The number of nitrogens with one attached hydrogen (secondary N) is 1. The van der Waals surface area contributed by atoms with Crippen molar-refractivity contribution >= 4 is 11.9 Å². The number of aliphatic hydroxyl groups excluding tert-OH is 2. The number of hydrogen-bond donors (Lipinski definition) is 3. The van der Waals surface area contributed by atoms with E-state index in [0.29, 0.717) is 0 Å². The van der Waals surface area contributed by atoms with Gasteiger partial charge >= 0.3 is 6.03 Å². The molecule has 8 nitrogen and oxygen atoms in total. The molecular weight excluding hydrogens is 244 g/mol. The van der Waals surface area contributed by atoms with Crippen molar-refractivity contribution in [3.63, 3.8) is 0 Å². The van der Waals surface area contributed by atoms with E-state index in [1.165, 1.54) is 12.0 Å². The number of rotatable bonds is 3. The van der Waals surface area contributed by atoms with E-state index >= 15 is 0 Å². The second-order valence-corrected chi connectivity index (χ2v) is 4.24. The number of nitrogens with zero attached hydrogens (tertiary/aromatic N) is 1. The Hall–Kier alpha value is -1.22. The predicted molar refractivity (Wildman–Crippen MR) is 57.4 cm³/mol. The number of urea groups is 1. The second-order valence-electron chi connectivity index (χ2n) is 4.24. The highest BCUT2D eigenvalue weighted by Gasteiger charge is 2.48. The van der Waals surface area contributed by atoms with Crippen LogP contribution in [0.1, 0.15) is 6.42 Å². The summed E-state index contributed by atoms with van der Waals surface area (Å²) in [6.45, 7) is -0.175. The molecule has 0 spiro atoms. The van der Waals surface area contributed by atoms with Gasteiger partial charge in [0.25, 0.3) is 0 Å². The van der Waals surface area contributed by atoms with Crippen molar-refractivity contribution in [2.24, 2.45) is 0 Å². The van der Waals surface area contributed by atoms with Crippen LogP contribution in [0.15, 0.2) is 0 Å². The number of aliphatic hydroxyl groups is 2. The van der Waals surface area contributed by atoms with E-state index in [1.807, 2.05) is 0 Å². The number of methoxy groups -OCH3 is 1. The molecule has 0 radical (unpaired) electrons. The van der Waals surface area contributed by atoms with E-state index in [2.05, 4.69) is 5.32 Å². The lowest BCUT2D eigenvalue weighted by Gasteiger charge is -2.33. The molecule has 102 valence electrons. The highest BCUT2D eigenvalue weighted by Crippen LogP contribution is 2.27. The molecule has 3 N–H and O–H groups in total. The lowest BCUT2D eigenvalue weighted by atomic mass is 10.1. The number of imide groups is 1. The van der Waals surface area contributed by atoms with Gasteiger partial charge in [-0.25, -0.2) is 4.79 Å². The molecule has 2 heterocycles. The zero-order chi connectivity index (χ0) is 13.3. The van der Waals surface area contributed by atoms with Gasteiger partial charge in [0.2, 0.25) is 5.91 Å². The Morgan fingerprint density at radius 2 is 2.28 bits per heavy atom. The van der Waals surface area contributed by atoms with Crippen molar-refractivity contribution in [3.05, 3.63) is 0 Å². The first-order chi connectivity index (χ1) is 8.58. The largest absolute Gasteiger partial charge is 0.394 e. The first-order valence-corrected chi connectivity index (χ1v) is 5.66. The lowest BCUT2D eigenvalue weighted by Crippen LogP contribution is -2.56. The Labute approximate surface area is 103 Å². The molecule has 0 aromatic heterocycles. The molecule has 3 amide bonds. The molecule has 2 fully saturated rings. The van der Waals surface area contributed by atoms with Crippen LogP contribution in [-0.4, -0.2) is 71.9 Å². The zero-order valence-corrected chi connectivity index (χ0v) is 9.91. The summed E-state index contributed by atoms with van der Waals surface area (Å²) in [6.07, 6.45) is -3.21. The summed E-state index contributed by atoms with van der Waals surface area (Å²) in [5.74, 6) is -0.345. The van der Waals surface area contributed by atoms with Crippen LogP contribution in [0, 0.1) is 0 Å². The Morgan fingerprint density at radius 3 is 2.83 bits per heavy atom. The molecule has 2 rings (SSSR count). The third-order valence-electron chi connectivity index (χ3n) is 3.16. The van der Waals surface area contributed by atoms with E-state index in [9.17, 15) is 14.7 Å². The van der Waals surface area contributed by atoms with E-state index in [4.69, 9.17) is 14.6 Å². The van der Waals surface area contributed by atoms with Gasteiger partial charge in [-0.15, -0.1) is 0 Å². The van der Waals surface area contributed by atoms with E-state index < -0.39 is 30.6 Å². The molecule has 0 aliphatic carbocycles. The topological polar surface area (TPSA) is 108 Å². The number of carbonyl (C=O) groups is 2. The number of hydrogen-bond acceptors (Lipinski definition) is 6. The minimum atomic E-state index is -1.02. The van der Waals surface area contributed by atoms with Gasteiger partial charge in [0.1, 0.15) is 18.3 Å². The Bertz CT molecular complexity index is 349. The molecule has 2 aliphatic rings. The van der Waals surface area contributed by atoms with Crippen LogP contribution in [0.25, 0.3) is 0 Å². The van der Waals surface area contributed by atoms with Crippen molar-refractivity contribution in [3.8, 4) is 0 Å². The summed E-state index contributed by atoms with van der Waals surface area (Å²) in [4.78, 5) is 24.0. The molecule has 0 saturated carbocycles. The average Bonchev–Trinajstić information content (AvgIpc) is 2.65. The van der Waals surface area contributed by atoms with Gasteiger partial charge in [0, 0.05) is 20.1 Å². The molecule has 0 aromatic carbocycles. The molecule has 18 heavy (non-hydrogen) atoms. The zero-order valence-electron chi connectivity index (χ0n) is 9.91. The van der Waals surface area contributed by atoms with Crippen LogP contribution < -0.4 is 5.32 Å². The predicted octanol–water partition coefficient (Wildman–Crippen LogP) is -1.98. The molecule has 8 heteroatoms. The quantitative estimate of drug-likeness (QED) is 0.543. The normalized spacial score (nSPS) is 36.9. The van der Waals surface area contributed by atoms with Crippen molar-refractivity contribution in [2.45, 2.75) is 31.0 Å². The van der Waals surface area contributed by atoms with Gasteiger partial charge in [-0.05, 0) is 0 Å². The maximum Gasteiger partial charge on any atom is 0.326 e. The summed E-state index contributed by atoms with van der Waals surface area (Å²) in [5, 5.41) is 21.1. The summed E-state index contributed by atoms with van der Waals surface area (Å²) in [5.41, 5.74) is 0. The Balaban J connectivity index is 2.12. The maximum absolute atomic E-state index is 11.7. The second kappa shape index (κ2) is 5.19. The van der Waals surface area contributed by atoms with Crippen LogP contribution >= 0.6 is 0 Å². The van der Waals surface area contributed by atoms with Crippen molar-refractivity contribution in [2.75, 3.05) is 20.3 Å². The smallest absolute Gasteiger partial charge is 0.326 e. The molecular formula is C10H16N2O6. The molecule has 2 saturated heterocycles. The minimum absolute atomic E-state index is 0.169. The van der Waals surface area contributed by atoms with Gasteiger partial charge in [0.05, 0.1) is 6.61 Å². The minimum Gasteiger partial charge on any atom is -0.394 e. The third-order valence-corrected chi connectivity index (χ3v) is 3.16. The standard InChI is InChI=1S/C10H16N2O6/c1-17-8-7(15)5(4-13)18-9(8)12-3-2-6(14)11-10(12)16/h5,7-9,13,15H,2-4H2,1H3,(H,11,14,16). The SMILES string of the molecule is COC1C(O)C(CO)OC1N1CCC(=O)NC1=O. The Kier molecular flexibility index (Phi) is 3.81. The first kappa shape index (κ1) is 13.2. The fourth-order valence-corrected chi connectivity index (χ4v) is 2.19. The number of carbonyl (C=O) groups excluding carboxylic acids is 2. The summed E-state index contributed by atoms with van der Waals surface area (Å²) >= 11 is 0. The number of amides is 3. The van der Waals surface area contributed by atoms with Crippen LogP contribution in [0.5, 0.6) is 0 Å². The molecule has 4 atom stereocenters. The summed E-state index contributed by atoms with van der Waals surface area (Å²) in [7, 11) is 1.39. The van der Waals surface area contributed by atoms with Gasteiger partial charge in [-0.3, -0.25) is 15.0 Å². The highest BCUT2D eigenvalue weighted by molar-refractivity contribution is 5.96. The fraction of sp³-hybridized carbons (Fsp3) is 0.800. The van der Waals surface area contributed by atoms with E-state index in [1.54, 1.807) is 0 Å².